The minimum atomic E-state index is -0.184. The van der Waals surface area contributed by atoms with E-state index in [1.165, 1.54) is 7.11 Å². The summed E-state index contributed by atoms with van der Waals surface area (Å²) in [7, 11) is 1.40. The molecular formula is C20H24O4. The molecule has 0 aliphatic heterocycles. The number of ketones is 1. The molecule has 1 unspecified atom stereocenters. The van der Waals surface area contributed by atoms with Gasteiger partial charge >= 0.3 is 5.97 Å². The Balaban J connectivity index is 1.73. The molecule has 0 aromatic heterocycles. The zero-order chi connectivity index (χ0) is 17.2. The van der Waals surface area contributed by atoms with Gasteiger partial charge in [0.2, 0.25) is 0 Å². The Bertz CT molecular complexity index is 589. The van der Waals surface area contributed by atoms with Crippen molar-refractivity contribution in [2.45, 2.75) is 25.7 Å². The number of para-hydroxylation sites is 1. The normalized spacial score (nSPS) is 19.8. The monoisotopic (exact) mass is 328 g/mol. The number of hydrogen-bond acceptors (Lipinski definition) is 4. The van der Waals surface area contributed by atoms with Crippen molar-refractivity contribution in [1.29, 1.82) is 0 Å². The molecule has 0 heterocycles. The maximum absolute atomic E-state index is 12.0. The molecule has 128 valence electrons. The van der Waals surface area contributed by atoms with Crippen molar-refractivity contribution in [3.63, 3.8) is 0 Å². The fourth-order valence-electron chi connectivity index (χ4n) is 2.69. The largest absolute Gasteiger partial charge is 0.493 e. The van der Waals surface area contributed by atoms with Crippen LogP contribution in [0.3, 0.4) is 0 Å². The lowest BCUT2D eigenvalue weighted by Crippen LogP contribution is -2.21. The van der Waals surface area contributed by atoms with E-state index >= 15 is 0 Å². The number of carbonyl (C=O) groups is 2. The number of hydrogen-bond donors (Lipinski definition) is 0. The summed E-state index contributed by atoms with van der Waals surface area (Å²) in [6.07, 6.45) is 10.4. The molecule has 0 N–H and O–H groups in total. The van der Waals surface area contributed by atoms with Crippen molar-refractivity contribution in [1.82, 2.24) is 0 Å². The zero-order valence-corrected chi connectivity index (χ0v) is 14.0. The van der Waals surface area contributed by atoms with Gasteiger partial charge in [-0.15, -0.1) is 0 Å². The first-order valence-electron chi connectivity index (χ1n) is 8.32. The molecule has 2 rings (SSSR count). The van der Waals surface area contributed by atoms with E-state index in [0.29, 0.717) is 19.4 Å². The van der Waals surface area contributed by atoms with Crippen molar-refractivity contribution in [3.8, 4) is 5.75 Å². The van der Waals surface area contributed by atoms with Crippen LogP contribution < -0.4 is 4.74 Å². The van der Waals surface area contributed by atoms with Crippen LogP contribution in [0, 0.1) is 11.8 Å². The number of methoxy groups -OCH3 is 1. The van der Waals surface area contributed by atoms with Gasteiger partial charge in [0.25, 0.3) is 0 Å². The summed E-state index contributed by atoms with van der Waals surface area (Å²) in [6.45, 7) is 0.507. The van der Waals surface area contributed by atoms with Gasteiger partial charge in [0.05, 0.1) is 13.7 Å². The van der Waals surface area contributed by atoms with E-state index in [9.17, 15) is 9.59 Å². The van der Waals surface area contributed by atoms with Crippen molar-refractivity contribution >= 4 is 11.8 Å². The predicted molar refractivity (Wildman–Crippen MR) is 92.7 cm³/mol. The zero-order valence-electron chi connectivity index (χ0n) is 14.0. The Morgan fingerprint density at radius 2 is 2.00 bits per heavy atom. The fraction of sp³-hybridized carbons (Fsp3) is 0.400. The van der Waals surface area contributed by atoms with E-state index in [1.54, 1.807) is 6.08 Å². The second-order valence-corrected chi connectivity index (χ2v) is 5.83. The second-order valence-electron chi connectivity index (χ2n) is 5.83. The van der Waals surface area contributed by atoms with Crippen LogP contribution in [0.15, 0.2) is 54.6 Å². The summed E-state index contributed by atoms with van der Waals surface area (Å²) >= 11 is 0. The molecule has 0 amide bonds. The molecule has 1 aromatic rings. The van der Waals surface area contributed by atoms with E-state index in [1.807, 2.05) is 48.6 Å². The van der Waals surface area contributed by atoms with Gasteiger partial charge in [-0.25, -0.2) is 0 Å². The summed E-state index contributed by atoms with van der Waals surface area (Å²) in [5, 5.41) is 0. The standard InChI is InChI=1S/C20H24O4/c1-23-20(22)12-8-3-2-7-11-18-16(13-14-19(18)21)15-24-17-9-5-4-6-10-17/h2,4-7,9-10,13-14,16,18H,3,8,11-12,15H2,1H3/b7-2-/t16?,18-/m1/s1. The number of unbranched alkanes of at least 4 members (excludes halogenated alkanes) is 1. The summed E-state index contributed by atoms with van der Waals surface area (Å²) in [6, 6.07) is 9.63. The van der Waals surface area contributed by atoms with Crippen LogP contribution in [0.1, 0.15) is 25.7 Å². The van der Waals surface area contributed by atoms with Crippen LogP contribution in [0.25, 0.3) is 0 Å². The lowest BCUT2D eigenvalue weighted by atomic mass is 9.92. The highest BCUT2D eigenvalue weighted by molar-refractivity contribution is 5.94. The van der Waals surface area contributed by atoms with Crippen molar-refractivity contribution in [3.05, 3.63) is 54.6 Å². The van der Waals surface area contributed by atoms with Gasteiger partial charge in [-0.05, 0) is 37.5 Å². The first-order valence-corrected chi connectivity index (χ1v) is 8.32. The third kappa shape index (κ3) is 5.69. The van der Waals surface area contributed by atoms with E-state index < -0.39 is 0 Å². The highest BCUT2D eigenvalue weighted by atomic mass is 16.5. The Morgan fingerprint density at radius 3 is 2.75 bits per heavy atom. The molecule has 0 bridgehead atoms. The molecule has 0 fully saturated rings. The maximum atomic E-state index is 12.0. The summed E-state index contributed by atoms with van der Waals surface area (Å²) in [4.78, 5) is 23.0. The average molecular weight is 328 g/mol. The fourth-order valence-corrected chi connectivity index (χ4v) is 2.69. The first kappa shape index (κ1) is 18.0. The molecule has 1 aliphatic carbocycles. The topological polar surface area (TPSA) is 52.6 Å². The minimum Gasteiger partial charge on any atom is -0.493 e. The van der Waals surface area contributed by atoms with Gasteiger partial charge in [-0.1, -0.05) is 36.4 Å². The van der Waals surface area contributed by atoms with Crippen LogP contribution in [-0.2, 0) is 14.3 Å². The third-order valence-electron chi connectivity index (χ3n) is 4.11. The van der Waals surface area contributed by atoms with Gasteiger partial charge in [0, 0.05) is 18.3 Å². The Labute approximate surface area is 143 Å². The third-order valence-corrected chi connectivity index (χ3v) is 4.11. The van der Waals surface area contributed by atoms with Gasteiger partial charge in [0.15, 0.2) is 5.78 Å². The van der Waals surface area contributed by atoms with Crippen LogP contribution in [0.2, 0.25) is 0 Å². The van der Waals surface area contributed by atoms with Gasteiger partial charge < -0.3 is 9.47 Å². The second kappa shape index (κ2) is 9.71. The molecule has 0 radical (unpaired) electrons. The van der Waals surface area contributed by atoms with E-state index in [2.05, 4.69) is 4.74 Å². The predicted octanol–water partition coefficient (Wildman–Crippen LogP) is 3.73. The quantitative estimate of drug-likeness (QED) is 0.394. The number of esters is 1. The summed E-state index contributed by atoms with van der Waals surface area (Å²) in [5.74, 6) is 0.859. The SMILES string of the molecule is COC(=O)CCC/C=C\C[C@H]1C(=O)C=CC1COc1ccccc1. The highest BCUT2D eigenvalue weighted by Crippen LogP contribution is 2.27. The van der Waals surface area contributed by atoms with Gasteiger partial charge in [0.1, 0.15) is 5.75 Å². The van der Waals surface area contributed by atoms with Gasteiger partial charge in [-0.2, -0.15) is 0 Å². The number of carbonyl (C=O) groups excluding carboxylic acids is 2. The highest BCUT2D eigenvalue weighted by Gasteiger charge is 2.29. The number of allylic oxidation sites excluding steroid dienone is 3. The number of ether oxygens (including phenoxy) is 2. The molecule has 2 atom stereocenters. The molecule has 1 aromatic carbocycles. The average Bonchev–Trinajstić information content (AvgIpc) is 2.96. The molecule has 4 nitrogen and oxygen atoms in total. The summed E-state index contributed by atoms with van der Waals surface area (Å²) in [5.41, 5.74) is 0. The molecule has 0 saturated carbocycles. The van der Waals surface area contributed by atoms with E-state index in [4.69, 9.17) is 4.74 Å². The number of benzene rings is 1. The van der Waals surface area contributed by atoms with Crippen molar-refractivity contribution in [2.75, 3.05) is 13.7 Å². The molecule has 1 aliphatic rings. The smallest absolute Gasteiger partial charge is 0.305 e. The lowest BCUT2D eigenvalue weighted by molar-refractivity contribution is -0.140. The Kier molecular flexibility index (Phi) is 7.27. The minimum absolute atomic E-state index is 0.0504. The van der Waals surface area contributed by atoms with Crippen LogP contribution in [0.4, 0.5) is 0 Å². The van der Waals surface area contributed by atoms with Crippen molar-refractivity contribution in [2.24, 2.45) is 11.8 Å². The lowest BCUT2D eigenvalue weighted by Gasteiger charge is -2.17. The van der Waals surface area contributed by atoms with E-state index in [-0.39, 0.29) is 23.6 Å². The van der Waals surface area contributed by atoms with E-state index in [0.717, 1.165) is 18.6 Å². The molecule has 4 heteroatoms. The maximum Gasteiger partial charge on any atom is 0.305 e. The molecule has 0 saturated heterocycles. The Hall–Kier alpha value is -2.36. The van der Waals surface area contributed by atoms with Crippen LogP contribution in [-0.4, -0.2) is 25.5 Å². The molecule has 0 spiro atoms. The summed E-state index contributed by atoms with van der Waals surface area (Å²) < 4.78 is 10.4. The van der Waals surface area contributed by atoms with Gasteiger partial charge in [-0.3, -0.25) is 9.59 Å². The van der Waals surface area contributed by atoms with Crippen molar-refractivity contribution < 1.29 is 19.1 Å². The molecule has 24 heavy (non-hydrogen) atoms. The Morgan fingerprint density at radius 1 is 1.21 bits per heavy atom. The first-order chi connectivity index (χ1) is 11.7. The molecular weight excluding hydrogens is 304 g/mol. The number of rotatable bonds is 9. The van der Waals surface area contributed by atoms with Crippen LogP contribution >= 0.6 is 0 Å². The van der Waals surface area contributed by atoms with Crippen LogP contribution in [0.5, 0.6) is 5.75 Å².